The minimum absolute atomic E-state index is 0.0259. The van der Waals surface area contributed by atoms with Gasteiger partial charge >= 0.3 is 0 Å². The molecule has 4 bridgehead atoms. The molecule has 3 nitrogen and oxygen atoms in total. The standard InChI is InChI=1S/C24H28N2OS/c1-2-3-5-10-20-21(18-8-6-4-7-9-18)25-23(28-20)22(27)26-24-14-16-11-17(15-24)13-19(24)12-16/h4,6-9,12,16-17H,2-3,5,10-11,13-15H2,1H3,(H,26,27). The number of nitrogens with zero attached hydrogens (tertiary/aromatic N) is 1. The van der Waals surface area contributed by atoms with Crippen LogP contribution in [0.2, 0.25) is 0 Å². The Kier molecular flexibility index (Phi) is 4.62. The topological polar surface area (TPSA) is 42.0 Å². The van der Waals surface area contributed by atoms with Gasteiger partial charge in [0.1, 0.15) is 0 Å². The van der Waals surface area contributed by atoms with E-state index in [4.69, 9.17) is 4.98 Å². The Balaban J connectivity index is 1.40. The van der Waals surface area contributed by atoms with Crippen LogP contribution in [0.5, 0.6) is 0 Å². The van der Waals surface area contributed by atoms with Gasteiger partial charge in [-0.25, -0.2) is 4.98 Å². The molecule has 4 aliphatic rings. The van der Waals surface area contributed by atoms with E-state index in [1.165, 1.54) is 36.1 Å². The minimum atomic E-state index is -0.0639. The van der Waals surface area contributed by atoms with E-state index in [9.17, 15) is 4.79 Å². The molecule has 2 fully saturated rings. The van der Waals surface area contributed by atoms with E-state index in [1.54, 1.807) is 11.3 Å². The second kappa shape index (κ2) is 7.14. The Morgan fingerprint density at radius 2 is 2.11 bits per heavy atom. The Labute approximate surface area is 171 Å². The van der Waals surface area contributed by atoms with Crippen molar-refractivity contribution >= 4 is 17.2 Å². The van der Waals surface area contributed by atoms with Crippen LogP contribution in [0.15, 0.2) is 42.0 Å². The van der Waals surface area contributed by atoms with Crippen molar-refractivity contribution in [2.24, 2.45) is 11.8 Å². The van der Waals surface area contributed by atoms with Crippen molar-refractivity contribution in [2.45, 2.75) is 63.8 Å². The van der Waals surface area contributed by atoms with Crippen LogP contribution in [0.3, 0.4) is 0 Å². The molecule has 1 aromatic carbocycles. The van der Waals surface area contributed by atoms with E-state index >= 15 is 0 Å². The van der Waals surface area contributed by atoms with Gasteiger partial charge in [0.05, 0.1) is 11.2 Å². The average molecular weight is 393 g/mol. The lowest BCUT2D eigenvalue weighted by atomic mass is 9.80. The number of aromatic nitrogens is 1. The van der Waals surface area contributed by atoms with Gasteiger partial charge in [0.2, 0.25) is 0 Å². The van der Waals surface area contributed by atoms with Crippen molar-refractivity contribution in [2.75, 3.05) is 0 Å². The zero-order valence-corrected chi connectivity index (χ0v) is 17.4. The number of nitrogens with one attached hydrogen (secondary N) is 1. The molecule has 0 aliphatic heterocycles. The van der Waals surface area contributed by atoms with Gasteiger partial charge in [-0.15, -0.1) is 11.3 Å². The van der Waals surface area contributed by atoms with Crippen LogP contribution in [0.25, 0.3) is 11.3 Å². The zero-order chi connectivity index (χ0) is 19.1. The highest BCUT2D eigenvalue weighted by molar-refractivity contribution is 7.14. The lowest BCUT2D eigenvalue weighted by Crippen LogP contribution is -2.48. The normalized spacial score (nSPS) is 27.2. The number of carbonyl (C=O) groups excluding carboxylic acids is 1. The van der Waals surface area contributed by atoms with Crippen LogP contribution in [0, 0.1) is 11.8 Å². The molecule has 3 unspecified atom stereocenters. The molecule has 28 heavy (non-hydrogen) atoms. The van der Waals surface area contributed by atoms with Gasteiger partial charge in [-0.05, 0) is 55.9 Å². The first-order valence-corrected chi connectivity index (χ1v) is 11.6. The molecule has 0 saturated heterocycles. The highest BCUT2D eigenvalue weighted by atomic mass is 32.1. The number of aryl methyl sites for hydroxylation is 1. The van der Waals surface area contributed by atoms with Gasteiger partial charge < -0.3 is 5.32 Å². The molecule has 146 valence electrons. The molecule has 0 spiro atoms. The summed E-state index contributed by atoms with van der Waals surface area (Å²) in [6, 6.07) is 10.3. The van der Waals surface area contributed by atoms with Gasteiger partial charge in [0, 0.05) is 10.4 Å². The number of unbranched alkanes of at least 4 members (excludes halogenated alkanes) is 2. The maximum atomic E-state index is 13.2. The van der Waals surface area contributed by atoms with E-state index in [0.717, 1.165) is 42.9 Å². The summed E-state index contributed by atoms with van der Waals surface area (Å²) in [5.41, 5.74) is 3.54. The third-order valence-electron chi connectivity index (χ3n) is 6.74. The van der Waals surface area contributed by atoms with E-state index in [-0.39, 0.29) is 11.4 Å². The summed E-state index contributed by atoms with van der Waals surface area (Å²) in [7, 11) is 0. The maximum absolute atomic E-state index is 13.2. The Morgan fingerprint density at radius 3 is 2.89 bits per heavy atom. The molecular formula is C24H28N2OS. The molecule has 4 aliphatic carbocycles. The molecule has 2 saturated carbocycles. The molecule has 1 N–H and O–H groups in total. The molecule has 1 aromatic heterocycles. The summed E-state index contributed by atoms with van der Waals surface area (Å²) in [4.78, 5) is 19.3. The van der Waals surface area contributed by atoms with Gasteiger partial charge in [-0.1, -0.05) is 56.2 Å². The first-order valence-electron chi connectivity index (χ1n) is 10.8. The fourth-order valence-electron chi connectivity index (χ4n) is 5.61. The monoisotopic (exact) mass is 392 g/mol. The second-order valence-electron chi connectivity index (χ2n) is 8.82. The SMILES string of the molecule is CCCCCc1sc(C(=O)NC23CC4C=C2CC(C4)C3)nc1-c1ccccc1. The summed E-state index contributed by atoms with van der Waals surface area (Å²) in [5.74, 6) is 1.49. The number of hydrogen-bond acceptors (Lipinski definition) is 3. The van der Waals surface area contributed by atoms with Crippen molar-refractivity contribution in [1.29, 1.82) is 0 Å². The number of carbonyl (C=O) groups is 1. The fraction of sp³-hybridized carbons (Fsp3) is 0.500. The van der Waals surface area contributed by atoms with E-state index in [2.05, 4.69) is 30.4 Å². The fourth-order valence-corrected chi connectivity index (χ4v) is 6.63. The summed E-state index contributed by atoms with van der Waals surface area (Å²) in [6.45, 7) is 2.22. The Morgan fingerprint density at radius 1 is 1.25 bits per heavy atom. The van der Waals surface area contributed by atoms with Gasteiger partial charge in [0.15, 0.2) is 5.01 Å². The minimum Gasteiger partial charge on any atom is -0.341 e. The molecular weight excluding hydrogens is 364 g/mol. The quantitative estimate of drug-likeness (QED) is 0.480. The van der Waals surface area contributed by atoms with Crippen LogP contribution in [-0.4, -0.2) is 16.4 Å². The van der Waals surface area contributed by atoms with Crippen LogP contribution in [0.4, 0.5) is 0 Å². The lowest BCUT2D eigenvalue weighted by molar-refractivity contribution is 0.0896. The second-order valence-corrected chi connectivity index (χ2v) is 9.90. The van der Waals surface area contributed by atoms with Crippen LogP contribution >= 0.6 is 11.3 Å². The van der Waals surface area contributed by atoms with Gasteiger partial charge in [-0.2, -0.15) is 0 Å². The number of rotatable bonds is 7. The molecule has 2 aromatic rings. The van der Waals surface area contributed by atoms with Crippen molar-refractivity contribution in [3.63, 3.8) is 0 Å². The van der Waals surface area contributed by atoms with Gasteiger partial charge in [0.25, 0.3) is 5.91 Å². The number of allylic oxidation sites excluding steroid dienone is 1. The van der Waals surface area contributed by atoms with Crippen molar-refractivity contribution < 1.29 is 4.79 Å². The predicted octanol–water partition coefficient (Wildman–Crippen LogP) is 5.77. The van der Waals surface area contributed by atoms with Crippen molar-refractivity contribution in [1.82, 2.24) is 10.3 Å². The summed E-state index contributed by atoms with van der Waals surface area (Å²) >= 11 is 1.60. The number of hydrogen-bond donors (Lipinski definition) is 1. The molecule has 0 radical (unpaired) electrons. The predicted molar refractivity (Wildman–Crippen MR) is 115 cm³/mol. The van der Waals surface area contributed by atoms with E-state index < -0.39 is 0 Å². The molecule has 4 heteroatoms. The molecule has 6 rings (SSSR count). The third-order valence-corrected chi connectivity index (χ3v) is 7.86. The maximum Gasteiger partial charge on any atom is 0.280 e. The summed E-state index contributed by atoms with van der Waals surface area (Å²) < 4.78 is 0. The lowest BCUT2D eigenvalue weighted by Gasteiger charge is -2.33. The third kappa shape index (κ3) is 3.12. The summed E-state index contributed by atoms with van der Waals surface area (Å²) in [5, 5.41) is 4.06. The number of thiazole rings is 1. The zero-order valence-electron chi connectivity index (χ0n) is 16.5. The van der Waals surface area contributed by atoms with Crippen molar-refractivity contribution in [3.8, 4) is 11.3 Å². The van der Waals surface area contributed by atoms with Crippen molar-refractivity contribution in [3.05, 3.63) is 51.9 Å². The van der Waals surface area contributed by atoms with Gasteiger partial charge in [-0.3, -0.25) is 4.79 Å². The average Bonchev–Trinajstić information content (AvgIpc) is 3.29. The first kappa shape index (κ1) is 18.1. The number of amides is 1. The highest BCUT2D eigenvalue weighted by Crippen LogP contribution is 2.56. The first-order chi connectivity index (χ1) is 13.7. The smallest absolute Gasteiger partial charge is 0.280 e. The Bertz CT molecular complexity index is 916. The highest BCUT2D eigenvalue weighted by Gasteiger charge is 2.53. The van der Waals surface area contributed by atoms with Crippen LogP contribution in [-0.2, 0) is 6.42 Å². The Hall–Kier alpha value is -1.94. The largest absolute Gasteiger partial charge is 0.341 e. The van der Waals surface area contributed by atoms with Crippen LogP contribution in [0.1, 0.15) is 66.5 Å². The van der Waals surface area contributed by atoms with E-state index in [1.807, 2.05) is 18.2 Å². The molecule has 3 atom stereocenters. The summed E-state index contributed by atoms with van der Waals surface area (Å²) in [6.07, 6.45) is 11.7. The molecule has 1 heterocycles. The van der Waals surface area contributed by atoms with Crippen LogP contribution < -0.4 is 5.32 Å². The molecule has 1 amide bonds. The van der Waals surface area contributed by atoms with E-state index in [0.29, 0.717) is 10.9 Å². The number of benzene rings is 1.